The van der Waals surface area contributed by atoms with Gasteiger partial charge in [-0.2, -0.15) is 0 Å². The van der Waals surface area contributed by atoms with Crippen LogP contribution in [0.25, 0.3) is 0 Å². The van der Waals surface area contributed by atoms with Crippen molar-refractivity contribution < 1.29 is 13.2 Å². The molecule has 1 amide bonds. The zero-order valence-electron chi connectivity index (χ0n) is 20.8. The summed E-state index contributed by atoms with van der Waals surface area (Å²) in [6.45, 7) is 10.7. The van der Waals surface area contributed by atoms with Crippen LogP contribution in [0.5, 0.6) is 0 Å². The van der Waals surface area contributed by atoms with E-state index in [-0.39, 0.29) is 23.9 Å². The third-order valence-electron chi connectivity index (χ3n) is 5.89. The Hall–Kier alpha value is -3.12. The van der Waals surface area contributed by atoms with Crippen LogP contribution in [-0.2, 0) is 22.0 Å². The Morgan fingerprint density at radius 3 is 1.97 bits per heavy atom. The van der Waals surface area contributed by atoms with Crippen LogP contribution in [0, 0.1) is 6.92 Å². The van der Waals surface area contributed by atoms with E-state index in [1.165, 1.54) is 16.1 Å². The first-order valence-corrected chi connectivity index (χ1v) is 13.2. The van der Waals surface area contributed by atoms with E-state index in [0.29, 0.717) is 11.3 Å². The minimum absolute atomic E-state index is 0.0755. The first-order chi connectivity index (χ1) is 15.8. The van der Waals surface area contributed by atoms with Gasteiger partial charge in [0.05, 0.1) is 24.5 Å². The van der Waals surface area contributed by atoms with Crippen LogP contribution in [0.1, 0.15) is 66.3 Å². The van der Waals surface area contributed by atoms with E-state index < -0.39 is 10.0 Å². The van der Waals surface area contributed by atoms with Crippen LogP contribution in [0.15, 0.2) is 72.8 Å². The number of rotatable bonds is 7. The number of anilines is 1. The Kier molecular flexibility index (Phi) is 7.51. The standard InChI is InChI=1S/C28H34N2O3S/c1-20-7-9-22(10-8-20)19-30(34(6,32)33)26-17-13-24(14-18-26)27(31)29-21(2)23-11-15-25(16-12-23)28(3,4)5/h7-18,21H,19H2,1-6H3,(H,29,31)/t21-/m0/s1. The number of hydrogen-bond acceptors (Lipinski definition) is 3. The predicted molar refractivity (Wildman–Crippen MR) is 140 cm³/mol. The number of nitrogens with one attached hydrogen (secondary N) is 1. The summed E-state index contributed by atoms with van der Waals surface area (Å²) in [4.78, 5) is 12.8. The van der Waals surface area contributed by atoms with Gasteiger partial charge in [-0.3, -0.25) is 9.10 Å². The molecule has 0 heterocycles. The number of hydrogen-bond donors (Lipinski definition) is 1. The van der Waals surface area contributed by atoms with Gasteiger partial charge in [-0.15, -0.1) is 0 Å². The highest BCUT2D eigenvalue weighted by molar-refractivity contribution is 7.92. The molecule has 1 N–H and O–H groups in total. The van der Waals surface area contributed by atoms with E-state index >= 15 is 0 Å². The lowest BCUT2D eigenvalue weighted by Crippen LogP contribution is -2.29. The van der Waals surface area contributed by atoms with Gasteiger partial charge in [0, 0.05) is 5.56 Å². The molecule has 0 aromatic heterocycles. The Morgan fingerprint density at radius 1 is 0.912 bits per heavy atom. The summed E-state index contributed by atoms with van der Waals surface area (Å²) in [5.74, 6) is -0.205. The Balaban J connectivity index is 1.72. The van der Waals surface area contributed by atoms with Gasteiger partial charge in [0.15, 0.2) is 0 Å². The maximum absolute atomic E-state index is 12.8. The first kappa shape index (κ1) is 25.5. The van der Waals surface area contributed by atoms with Crippen LogP contribution in [0.2, 0.25) is 0 Å². The number of carbonyl (C=O) groups is 1. The normalized spacial score (nSPS) is 12.8. The minimum Gasteiger partial charge on any atom is -0.346 e. The zero-order valence-corrected chi connectivity index (χ0v) is 21.6. The van der Waals surface area contributed by atoms with Gasteiger partial charge in [-0.25, -0.2) is 8.42 Å². The van der Waals surface area contributed by atoms with Crippen LogP contribution in [0.4, 0.5) is 5.69 Å². The molecule has 180 valence electrons. The number of sulfonamides is 1. The molecule has 1 atom stereocenters. The zero-order chi connectivity index (χ0) is 25.1. The number of carbonyl (C=O) groups excluding carboxylic acids is 1. The molecule has 0 aliphatic rings. The third-order valence-corrected chi connectivity index (χ3v) is 7.03. The molecule has 6 heteroatoms. The van der Waals surface area contributed by atoms with E-state index in [1.807, 2.05) is 50.2 Å². The fourth-order valence-electron chi connectivity index (χ4n) is 3.67. The fourth-order valence-corrected chi connectivity index (χ4v) is 4.56. The smallest absolute Gasteiger partial charge is 0.251 e. The van der Waals surface area contributed by atoms with Crippen LogP contribution in [0.3, 0.4) is 0 Å². The summed E-state index contributed by atoms with van der Waals surface area (Å²) in [5.41, 5.74) is 5.35. The summed E-state index contributed by atoms with van der Waals surface area (Å²) in [7, 11) is -3.50. The summed E-state index contributed by atoms with van der Waals surface area (Å²) >= 11 is 0. The second kappa shape index (κ2) is 10.0. The molecule has 0 saturated carbocycles. The monoisotopic (exact) mass is 478 g/mol. The largest absolute Gasteiger partial charge is 0.346 e. The molecule has 0 radical (unpaired) electrons. The number of amides is 1. The lowest BCUT2D eigenvalue weighted by molar-refractivity contribution is 0.0940. The summed E-state index contributed by atoms with van der Waals surface area (Å²) in [6, 6.07) is 22.6. The molecule has 3 aromatic carbocycles. The molecular formula is C28H34N2O3S. The van der Waals surface area contributed by atoms with Crippen molar-refractivity contribution in [2.45, 2.75) is 52.6 Å². The van der Waals surface area contributed by atoms with E-state index in [9.17, 15) is 13.2 Å². The Labute approximate surface area is 203 Å². The molecule has 0 saturated heterocycles. The average Bonchev–Trinajstić information content (AvgIpc) is 2.77. The van der Waals surface area contributed by atoms with Crippen LogP contribution < -0.4 is 9.62 Å². The van der Waals surface area contributed by atoms with Gasteiger partial charge in [0.1, 0.15) is 0 Å². The Morgan fingerprint density at radius 2 is 1.47 bits per heavy atom. The SMILES string of the molecule is Cc1ccc(CN(c2ccc(C(=O)N[C@@H](C)c3ccc(C(C)(C)C)cc3)cc2)S(C)(=O)=O)cc1. The molecule has 5 nitrogen and oxygen atoms in total. The molecule has 34 heavy (non-hydrogen) atoms. The molecule has 3 rings (SSSR count). The highest BCUT2D eigenvalue weighted by Gasteiger charge is 2.19. The first-order valence-electron chi connectivity index (χ1n) is 11.4. The second-order valence-electron chi connectivity index (χ2n) is 9.87. The van der Waals surface area contributed by atoms with Gasteiger partial charge in [0.2, 0.25) is 10.0 Å². The maximum Gasteiger partial charge on any atom is 0.251 e. The molecule has 0 spiro atoms. The van der Waals surface area contributed by atoms with Crippen molar-refractivity contribution in [1.29, 1.82) is 0 Å². The summed E-state index contributed by atoms with van der Waals surface area (Å²) < 4.78 is 26.3. The van der Waals surface area contributed by atoms with Gasteiger partial charge in [0.25, 0.3) is 5.91 Å². The summed E-state index contributed by atoms with van der Waals surface area (Å²) in [5, 5.41) is 3.02. The van der Waals surface area contributed by atoms with Crippen LogP contribution in [-0.4, -0.2) is 20.6 Å². The van der Waals surface area contributed by atoms with Crippen LogP contribution >= 0.6 is 0 Å². The molecule has 3 aromatic rings. The highest BCUT2D eigenvalue weighted by atomic mass is 32.2. The molecule has 0 aliphatic carbocycles. The molecule has 0 aliphatic heterocycles. The quantitative estimate of drug-likeness (QED) is 0.470. The van der Waals surface area contributed by atoms with Crippen molar-refractivity contribution in [3.05, 3.63) is 101 Å². The highest BCUT2D eigenvalue weighted by Crippen LogP contribution is 2.25. The number of benzene rings is 3. The van der Waals surface area contributed by atoms with Gasteiger partial charge in [-0.1, -0.05) is 74.9 Å². The van der Waals surface area contributed by atoms with Gasteiger partial charge < -0.3 is 5.32 Å². The summed E-state index contributed by atoms with van der Waals surface area (Å²) in [6.07, 6.45) is 1.19. The molecular weight excluding hydrogens is 444 g/mol. The van der Waals surface area contributed by atoms with E-state index in [4.69, 9.17) is 0 Å². The van der Waals surface area contributed by atoms with E-state index in [0.717, 1.165) is 16.7 Å². The van der Waals surface area contributed by atoms with Gasteiger partial charge in [-0.05, 0) is 60.2 Å². The third kappa shape index (κ3) is 6.48. The van der Waals surface area contributed by atoms with E-state index in [1.54, 1.807) is 24.3 Å². The van der Waals surface area contributed by atoms with Gasteiger partial charge >= 0.3 is 0 Å². The molecule has 0 fully saturated rings. The second-order valence-corrected chi connectivity index (χ2v) is 11.8. The van der Waals surface area contributed by atoms with E-state index in [2.05, 4.69) is 38.2 Å². The van der Waals surface area contributed by atoms with Crippen molar-refractivity contribution in [2.75, 3.05) is 10.6 Å². The average molecular weight is 479 g/mol. The fraction of sp³-hybridized carbons (Fsp3) is 0.321. The van der Waals surface area contributed by atoms with Crippen molar-refractivity contribution >= 4 is 21.6 Å². The number of aryl methyl sites for hydroxylation is 1. The van der Waals surface area contributed by atoms with Crippen molar-refractivity contribution in [3.8, 4) is 0 Å². The molecule has 0 bridgehead atoms. The molecule has 0 unspecified atom stereocenters. The Bertz CT molecular complexity index is 1220. The topological polar surface area (TPSA) is 66.5 Å². The van der Waals surface area contributed by atoms with Crippen molar-refractivity contribution in [1.82, 2.24) is 5.32 Å². The minimum atomic E-state index is -3.50. The maximum atomic E-state index is 12.8. The predicted octanol–water partition coefficient (Wildman–Crippen LogP) is 5.75. The lowest BCUT2D eigenvalue weighted by Gasteiger charge is -2.23. The lowest BCUT2D eigenvalue weighted by atomic mass is 9.86. The number of nitrogens with zero attached hydrogens (tertiary/aromatic N) is 1. The van der Waals surface area contributed by atoms with Crippen molar-refractivity contribution in [3.63, 3.8) is 0 Å². The van der Waals surface area contributed by atoms with Crippen molar-refractivity contribution in [2.24, 2.45) is 0 Å².